The van der Waals surface area contributed by atoms with Crippen molar-refractivity contribution >= 4 is 35.1 Å². The molecule has 1 unspecified atom stereocenters. The zero-order chi connectivity index (χ0) is 23.0. The Morgan fingerprint density at radius 3 is 2.55 bits per heavy atom. The van der Waals surface area contributed by atoms with Gasteiger partial charge in [-0.3, -0.25) is 14.5 Å². The molecule has 4 amide bonds. The summed E-state index contributed by atoms with van der Waals surface area (Å²) in [5, 5.41) is 6.03. The summed E-state index contributed by atoms with van der Waals surface area (Å²) in [6.45, 7) is -0.369. The third kappa shape index (κ3) is 3.81. The van der Waals surface area contributed by atoms with E-state index in [0.717, 1.165) is 16.0 Å². The van der Waals surface area contributed by atoms with Gasteiger partial charge in [-0.25, -0.2) is 4.79 Å². The monoisotopic (exact) mass is 461 g/mol. The molecular formula is C25H20ClN3O4. The molecule has 0 saturated carbocycles. The number of amides is 4. The highest BCUT2D eigenvalue weighted by Crippen LogP contribution is 2.41. The normalized spacial score (nSPS) is 18.9. The van der Waals surface area contributed by atoms with Crippen LogP contribution in [0.2, 0.25) is 5.02 Å². The molecule has 1 spiro atoms. The molecule has 1 aliphatic carbocycles. The maximum absolute atomic E-state index is 13.2. The summed E-state index contributed by atoms with van der Waals surface area (Å²) in [6.07, 6.45) is 1.19. The molecule has 0 radical (unpaired) electrons. The second-order valence-corrected chi connectivity index (χ2v) is 8.40. The fourth-order valence-corrected chi connectivity index (χ4v) is 4.51. The summed E-state index contributed by atoms with van der Waals surface area (Å²) in [6, 6.07) is 20.9. The van der Waals surface area contributed by atoms with Crippen molar-refractivity contribution < 1.29 is 19.1 Å². The highest BCUT2D eigenvalue weighted by atomic mass is 35.5. The summed E-state index contributed by atoms with van der Waals surface area (Å²) in [4.78, 5) is 39.3. The number of carbonyl (C=O) groups excluding carboxylic acids is 3. The number of urea groups is 1. The van der Waals surface area contributed by atoms with Crippen LogP contribution in [0.5, 0.6) is 11.5 Å². The Balaban J connectivity index is 1.24. The first-order valence-electron chi connectivity index (χ1n) is 10.5. The van der Waals surface area contributed by atoms with Crippen molar-refractivity contribution in [2.45, 2.75) is 18.4 Å². The van der Waals surface area contributed by atoms with Gasteiger partial charge in [0.25, 0.3) is 5.91 Å². The van der Waals surface area contributed by atoms with Crippen LogP contribution in [0, 0.1) is 0 Å². The number of hydrogen-bond donors (Lipinski definition) is 2. The van der Waals surface area contributed by atoms with E-state index in [1.54, 1.807) is 36.4 Å². The number of ether oxygens (including phenoxy) is 1. The average Bonchev–Trinajstić information content (AvgIpc) is 3.30. The molecule has 33 heavy (non-hydrogen) atoms. The van der Waals surface area contributed by atoms with Crippen LogP contribution >= 0.6 is 11.6 Å². The minimum Gasteiger partial charge on any atom is -0.456 e. The lowest BCUT2D eigenvalue weighted by molar-refractivity contribution is -0.134. The number of rotatable bonds is 5. The lowest BCUT2D eigenvalue weighted by Gasteiger charge is -2.22. The highest BCUT2D eigenvalue weighted by molar-refractivity contribution is 6.32. The van der Waals surface area contributed by atoms with Crippen LogP contribution < -0.4 is 15.4 Å². The van der Waals surface area contributed by atoms with Crippen molar-refractivity contribution in [1.29, 1.82) is 0 Å². The molecular weight excluding hydrogens is 442 g/mol. The minimum atomic E-state index is -1.08. The molecule has 1 aliphatic heterocycles. The largest absolute Gasteiger partial charge is 0.456 e. The molecule has 166 valence electrons. The molecule has 0 bridgehead atoms. The van der Waals surface area contributed by atoms with Crippen LogP contribution in [0.25, 0.3) is 0 Å². The number of fused-ring (bicyclic) bond motifs is 2. The fraction of sp³-hybridized carbons (Fsp3) is 0.160. The maximum Gasteiger partial charge on any atom is 0.325 e. The van der Waals surface area contributed by atoms with Crippen molar-refractivity contribution in [2.24, 2.45) is 0 Å². The molecule has 8 heteroatoms. The first kappa shape index (κ1) is 21.0. The van der Waals surface area contributed by atoms with Crippen molar-refractivity contribution in [3.63, 3.8) is 0 Å². The zero-order valence-corrected chi connectivity index (χ0v) is 18.3. The number of halogens is 1. The fourth-order valence-electron chi connectivity index (χ4n) is 4.34. The molecule has 3 aromatic rings. The molecule has 0 aromatic heterocycles. The van der Waals surface area contributed by atoms with E-state index in [2.05, 4.69) is 10.6 Å². The summed E-state index contributed by atoms with van der Waals surface area (Å²) >= 11 is 6.10. The van der Waals surface area contributed by atoms with E-state index in [0.29, 0.717) is 35.1 Å². The highest BCUT2D eigenvalue weighted by Gasteiger charge is 2.55. The van der Waals surface area contributed by atoms with Crippen molar-refractivity contribution in [3.8, 4) is 11.5 Å². The first-order chi connectivity index (χ1) is 16.0. The van der Waals surface area contributed by atoms with E-state index >= 15 is 0 Å². The number of nitrogens with one attached hydrogen (secondary N) is 2. The average molecular weight is 462 g/mol. The van der Waals surface area contributed by atoms with Gasteiger partial charge in [-0.1, -0.05) is 48.0 Å². The molecule has 1 fully saturated rings. The van der Waals surface area contributed by atoms with E-state index in [-0.39, 0.29) is 6.54 Å². The number of nitrogens with zero attached hydrogens (tertiary/aromatic N) is 1. The lowest BCUT2D eigenvalue weighted by atomic mass is 9.92. The van der Waals surface area contributed by atoms with Gasteiger partial charge >= 0.3 is 6.03 Å². The quantitative estimate of drug-likeness (QED) is 0.549. The zero-order valence-electron chi connectivity index (χ0n) is 17.5. The van der Waals surface area contributed by atoms with Gasteiger partial charge < -0.3 is 15.4 Å². The number of benzene rings is 3. The second-order valence-electron chi connectivity index (χ2n) is 7.99. The number of para-hydroxylation sites is 1. The standard InChI is InChI=1S/C25H20ClN3O4/c26-20-7-3-4-8-21(20)33-18-11-9-17(10-12-18)27-22(30)15-29-23(31)25(28-24(29)32)14-13-16-5-1-2-6-19(16)25/h1-12H,13-15H2,(H,27,30)(H,28,32). The third-order valence-electron chi connectivity index (χ3n) is 5.93. The Morgan fingerprint density at radius 2 is 1.76 bits per heavy atom. The SMILES string of the molecule is O=C(CN1C(=O)NC2(CCc3ccccc32)C1=O)Nc1ccc(Oc2ccccc2Cl)cc1. The van der Waals surface area contributed by atoms with Gasteiger partial charge in [-0.2, -0.15) is 0 Å². The van der Waals surface area contributed by atoms with Gasteiger partial charge in [0.15, 0.2) is 0 Å². The Hall–Kier alpha value is -3.84. The molecule has 1 atom stereocenters. The molecule has 1 saturated heterocycles. The molecule has 5 rings (SSSR count). The van der Waals surface area contributed by atoms with Crippen LogP contribution in [0.4, 0.5) is 10.5 Å². The van der Waals surface area contributed by atoms with Crippen LogP contribution in [0.3, 0.4) is 0 Å². The summed E-state index contributed by atoms with van der Waals surface area (Å²) in [5.41, 5.74) is 1.28. The molecule has 1 heterocycles. The number of carbonyl (C=O) groups is 3. The van der Waals surface area contributed by atoms with Gasteiger partial charge in [0.1, 0.15) is 23.6 Å². The van der Waals surface area contributed by atoms with Gasteiger partial charge in [-0.05, 0) is 60.4 Å². The molecule has 2 aliphatic rings. The molecule has 3 aromatic carbocycles. The van der Waals surface area contributed by atoms with Crippen LogP contribution in [-0.2, 0) is 21.5 Å². The van der Waals surface area contributed by atoms with E-state index in [4.69, 9.17) is 16.3 Å². The Bertz CT molecular complexity index is 1260. The summed E-state index contributed by atoms with van der Waals surface area (Å²) < 4.78 is 5.74. The first-order valence-corrected chi connectivity index (χ1v) is 10.9. The van der Waals surface area contributed by atoms with Crippen LogP contribution in [-0.4, -0.2) is 29.3 Å². The van der Waals surface area contributed by atoms with E-state index in [1.807, 2.05) is 36.4 Å². The Labute approximate surface area is 195 Å². The van der Waals surface area contributed by atoms with E-state index < -0.39 is 23.4 Å². The van der Waals surface area contributed by atoms with Crippen molar-refractivity contribution in [2.75, 3.05) is 11.9 Å². The number of imide groups is 1. The minimum absolute atomic E-state index is 0.369. The maximum atomic E-state index is 13.2. The lowest BCUT2D eigenvalue weighted by Crippen LogP contribution is -2.42. The number of aryl methyl sites for hydroxylation is 1. The molecule has 2 N–H and O–H groups in total. The van der Waals surface area contributed by atoms with E-state index in [9.17, 15) is 14.4 Å². The van der Waals surface area contributed by atoms with Crippen LogP contribution in [0.15, 0.2) is 72.8 Å². The van der Waals surface area contributed by atoms with Gasteiger partial charge in [0, 0.05) is 5.69 Å². The summed E-state index contributed by atoms with van der Waals surface area (Å²) in [5.74, 6) is 0.214. The number of hydrogen-bond acceptors (Lipinski definition) is 4. The second kappa shape index (κ2) is 8.26. The topological polar surface area (TPSA) is 87.7 Å². The Morgan fingerprint density at radius 1 is 1.03 bits per heavy atom. The van der Waals surface area contributed by atoms with Gasteiger partial charge in [0.2, 0.25) is 5.91 Å². The molecule has 7 nitrogen and oxygen atoms in total. The smallest absolute Gasteiger partial charge is 0.325 e. The third-order valence-corrected chi connectivity index (χ3v) is 6.24. The number of anilines is 1. The van der Waals surface area contributed by atoms with Crippen molar-refractivity contribution in [1.82, 2.24) is 10.2 Å². The van der Waals surface area contributed by atoms with Crippen molar-refractivity contribution in [3.05, 3.63) is 88.9 Å². The van der Waals surface area contributed by atoms with E-state index in [1.165, 1.54) is 0 Å². The predicted molar refractivity (Wildman–Crippen MR) is 123 cm³/mol. The Kier molecular flexibility index (Phi) is 5.26. The predicted octanol–water partition coefficient (Wildman–Crippen LogP) is 4.46. The summed E-state index contributed by atoms with van der Waals surface area (Å²) in [7, 11) is 0. The van der Waals surface area contributed by atoms with Gasteiger partial charge in [0.05, 0.1) is 5.02 Å². The van der Waals surface area contributed by atoms with Gasteiger partial charge in [-0.15, -0.1) is 0 Å². The van der Waals surface area contributed by atoms with Crippen LogP contribution in [0.1, 0.15) is 17.5 Å².